The van der Waals surface area contributed by atoms with Crippen molar-refractivity contribution in [2.45, 2.75) is 0 Å². The molecule has 0 aliphatic rings. The van der Waals surface area contributed by atoms with Gasteiger partial charge in [0.25, 0.3) is 0 Å². The van der Waals surface area contributed by atoms with Crippen molar-refractivity contribution in [3.8, 4) is 0 Å². The average Bonchev–Trinajstić information content (AvgIpc) is 0. The Labute approximate surface area is 66.0 Å². The Morgan fingerprint density at radius 1 is 1.00 bits per heavy atom. The first-order chi connectivity index (χ1) is 0. The molecule has 0 aliphatic carbocycles. The Morgan fingerprint density at radius 3 is 1.00 bits per heavy atom. The van der Waals surface area contributed by atoms with Crippen LogP contribution >= 0.6 is 13.5 Å². The molecule has 20 valence electrons. The first-order valence-electron chi connectivity index (χ1n) is 0. The molecule has 0 radical (unpaired) electrons. The molecule has 0 nitrogen and oxygen atoms in total. The summed E-state index contributed by atoms with van der Waals surface area (Å²) in [5.74, 6) is 0. The van der Waals surface area contributed by atoms with E-state index in [1.165, 1.54) is 0 Å². The van der Waals surface area contributed by atoms with Gasteiger partial charge in [0.05, 0.1) is 0 Å². The molecule has 0 aromatic rings. The summed E-state index contributed by atoms with van der Waals surface area (Å²) < 4.78 is 0. The monoisotopic (exact) mass is 86.0 g/mol. The second-order valence-electron chi connectivity index (χ2n) is 0. The quantitative estimate of drug-likeness (QED) is 0.330. The van der Waals surface area contributed by atoms with Crippen LogP contribution in [0.3, 0.4) is 0 Å². The van der Waals surface area contributed by atoms with Crippen molar-refractivity contribution in [1.82, 2.24) is 0 Å². The summed E-state index contributed by atoms with van der Waals surface area (Å²) >= 11 is 0. The van der Waals surface area contributed by atoms with Gasteiger partial charge in [0.15, 0.2) is 0 Å². The van der Waals surface area contributed by atoms with E-state index >= 15 is 0 Å². The summed E-state index contributed by atoms with van der Waals surface area (Å²) in [7, 11) is 0. The molecule has 0 aliphatic heterocycles. The molecule has 0 aromatic carbocycles. The topological polar surface area (TPSA) is 0 Å². The molecular formula is H5FLiNaS. The van der Waals surface area contributed by atoms with Gasteiger partial charge in [-0.2, -0.15) is 13.5 Å². The number of hydrogen-bond donors (Lipinski definition) is 0. The van der Waals surface area contributed by atoms with E-state index in [0.29, 0.717) is 0 Å². The van der Waals surface area contributed by atoms with Crippen molar-refractivity contribution in [3.63, 3.8) is 0 Å². The minimum absolute atomic E-state index is 0. The minimum atomic E-state index is 0. The molecule has 0 unspecified atom stereocenters. The fraction of sp³-hybridized carbons (Fsp3) is 0. The number of halogens is 1. The molecule has 0 N–H and O–H groups in total. The zero-order chi connectivity index (χ0) is 0. The van der Waals surface area contributed by atoms with E-state index in [2.05, 4.69) is 0 Å². The van der Waals surface area contributed by atoms with Crippen LogP contribution in [0.2, 0.25) is 0 Å². The van der Waals surface area contributed by atoms with Gasteiger partial charge in [-0.15, -0.1) is 0 Å². The van der Waals surface area contributed by atoms with Crippen LogP contribution in [0.15, 0.2) is 0 Å². The second kappa shape index (κ2) is 20.8. The van der Waals surface area contributed by atoms with Crippen molar-refractivity contribution in [2.75, 3.05) is 0 Å². The molecule has 0 heterocycles. The molecule has 0 aromatic heterocycles. The SMILES string of the molecule is F.S.[LiH].[NaH]. The van der Waals surface area contributed by atoms with Crippen LogP contribution in [-0.4, -0.2) is 48.4 Å². The van der Waals surface area contributed by atoms with Gasteiger partial charge in [-0.3, -0.25) is 4.70 Å². The Balaban J connectivity index is 0. The van der Waals surface area contributed by atoms with Gasteiger partial charge in [-0.1, -0.05) is 0 Å². The predicted octanol–water partition coefficient (Wildman–Crippen LogP) is -1.03. The Kier molecular flexibility index (Phi) is 206. The predicted molar refractivity (Wildman–Crippen MR) is 27.2 cm³/mol. The molecular weight excluding hydrogens is 81.0 g/mol. The summed E-state index contributed by atoms with van der Waals surface area (Å²) in [4.78, 5) is 0. The van der Waals surface area contributed by atoms with Crippen molar-refractivity contribution < 1.29 is 4.70 Å². The maximum atomic E-state index is 0. The van der Waals surface area contributed by atoms with E-state index < -0.39 is 0 Å². The molecule has 0 amide bonds. The van der Waals surface area contributed by atoms with E-state index in [1.807, 2.05) is 0 Å². The number of hydrogen-bond acceptors (Lipinski definition) is 0. The molecule has 0 fully saturated rings. The van der Waals surface area contributed by atoms with Crippen LogP contribution in [0.25, 0.3) is 0 Å². The van der Waals surface area contributed by atoms with Crippen LogP contribution in [0.1, 0.15) is 0 Å². The molecule has 0 spiro atoms. The van der Waals surface area contributed by atoms with Crippen LogP contribution in [-0.2, 0) is 0 Å². The summed E-state index contributed by atoms with van der Waals surface area (Å²) in [6, 6.07) is 0. The zero-order valence-corrected chi connectivity index (χ0v) is 1.91. The van der Waals surface area contributed by atoms with Crippen LogP contribution in [0.5, 0.6) is 0 Å². The van der Waals surface area contributed by atoms with Gasteiger partial charge < -0.3 is 0 Å². The van der Waals surface area contributed by atoms with Crippen LogP contribution < -0.4 is 0 Å². The molecule has 0 saturated heterocycles. The average molecular weight is 86.0 g/mol. The van der Waals surface area contributed by atoms with Gasteiger partial charge >= 0.3 is 48.4 Å². The van der Waals surface area contributed by atoms with E-state index in [4.69, 9.17) is 0 Å². The third-order valence-corrected chi connectivity index (χ3v) is 0. The second-order valence-corrected chi connectivity index (χ2v) is 0. The Morgan fingerprint density at radius 2 is 1.00 bits per heavy atom. The Hall–Kier alpha value is 1.88. The summed E-state index contributed by atoms with van der Waals surface area (Å²) in [5.41, 5.74) is 0. The van der Waals surface area contributed by atoms with Gasteiger partial charge in [0.1, 0.15) is 0 Å². The first-order valence-corrected chi connectivity index (χ1v) is 0. The molecule has 0 bridgehead atoms. The molecule has 4 heavy (non-hydrogen) atoms. The van der Waals surface area contributed by atoms with E-state index in [1.54, 1.807) is 0 Å². The third kappa shape index (κ3) is 9.11. The van der Waals surface area contributed by atoms with Crippen LogP contribution in [0.4, 0.5) is 4.70 Å². The maximum absolute atomic E-state index is 0. The summed E-state index contributed by atoms with van der Waals surface area (Å²) in [5, 5.41) is 0. The summed E-state index contributed by atoms with van der Waals surface area (Å²) in [6.07, 6.45) is 0. The van der Waals surface area contributed by atoms with Gasteiger partial charge in [0, 0.05) is 0 Å². The van der Waals surface area contributed by atoms with Crippen molar-refractivity contribution in [2.24, 2.45) is 0 Å². The van der Waals surface area contributed by atoms with Gasteiger partial charge in [0.2, 0.25) is 0 Å². The first kappa shape index (κ1) is 39.7. The van der Waals surface area contributed by atoms with Crippen molar-refractivity contribution in [3.05, 3.63) is 0 Å². The normalized spacial score (nSPS) is 0. The van der Waals surface area contributed by atoms with E-state index in [-0.39, 0.29) is 66.6 Å². The third-order valence-electron chi connectivity index (χ3n) is 0. The van der Waals surface area contributed by atoms with Crippen molar-refractivity contribution >= 4 is 61.9 Å². The van der Waals surface area contributed by atoms with Gasteiger partial charge in [-0.05, 0) is 0 Å². The molecule has 0 rings (SSSR count). The van der Waals surface area contributed by atoms with Crippen molar-refractivity contribution in [1.29, 1.82) is 0 Å². The van der Waals surface area contributed by atoms with E-state index in [9.17, 15) is 0 Å². The fourth-order valence-electron chi connectivity index (χ4n) is 0. The molecule has 4 heteroatoms. The zero-order valence-electron chi connectivity index (χ0n) is 0.908. The fourth-order valence-corrected chi connectivity index (χ4v) is 0. The Bertz CT molecular complexity index is 8.00. The number of rotatable bonds is 0. The molecule has 0 saturated carbocycles. The van der Waals surface area contributed by atoms with Crippen LogP contribution in [0, 0.1) is 0 Å². The van der Waals surface area contributed by atoms with Gasteiger partial charge in [-0.25, -0.2) is 0 Å². The molecule has 0 atom stereocenters. The van der Waals surface area contributed by atoms with E-state index in [0.717, 1.165) is 0 Å². The standard InChI is InChI=1S/FH.Li.Na.H2S.2H/h1H;;;1H2;;. The summed E-state index contributed by atoms with van der Waals surface area (Å²) in [6.45, 7) is 0.